The minimum Gasteiger partial charge on any atom is -0.748 e. The molecule has 0 saturated heterocycles. The Balaban J connectivity index is 0.000000276. The zero-order valence-corrected chi connectivity index (χ0v) is 13.8. The Labute approximate surface area is 148 Å². The Hall–Kier alpha value is -2.35. The fourth-order valence-electron chi connectivity index (χ4n) is 2.48. The van der Waals surface area contributed by atoms with Crippen LogP contribution in [0.2, 0.25) is 0 Å². The molecule has 1 radical (unpaired) electrons. The molecule has 0 aromatic heterocycles. The van der Waals surface area contributed by atoms with Crippen LogP contribution in [0.15, 0.2) is 109 Å². The van der Waals surface area contributed by atoms with Crippen LogP contribution in [0.3, 0.4) is 0 Å². The first-order valence-corrected chi connectivity index (χ1v) is 7.48. The Morgan fingerprint density at radius 2 is 1.09 bits per heavy atom. The van der Waals surface area contributed by atoms with Crippen molar-refractivity contribution < 1.29 is 16.8 Å². The van der Waals surface area contributed by atoms with Gasteiger partial charge in [0.15, 0.2) is 0 Å². The number of hydrogen-bond donors (Lipinski definition) is 0. The van der Waals surface area contributed by atoms with Gasteiger partial charge in [0.1, 0.15) is 0 Å². The van der Waals surface area contributed by atoms with Crippen LogP contribution >= 0.6 is 0 Å². The van der Waals surface area contributed by atoms with Gasteiger partial charge in [-0.05, 0) is 0 Å². The van der Waals surface area contributed by atoms with Crippen LogP contribution in [-0.4, -0.2) is 0 Å². The van der Waals surface area contributed by atoms with Crippen LogP contribution in [0.4, 0.5) is 0 Å². The molecule has 0 aliphatic rings. The molecule has 23 heavy (non-hydrogen) atoms. The van der Waals surface area contributed by atoms with Gasteiger partial charge in [-0.3, -0.25) is 0 Å². The average Bonchev–Trinajstić information content (AvgIpc) is 3.31. The fourth-order valence-corrected chi connectivity index (χ4v) is 2.48. The summed E-state index contributed by atoms with van der Waals surface area (Å²) in [5.41, 5.74) is 5.15. The van der Waals surface area contributed by atoms with Gasteiger partial charge < -0.3 is 30.3 Å². The van der Waals surface area contributed by atoms with E-state index in [1.807, 2.05) is 30.3 Å². The molecular weight excluding hydrogens is 323 g/mol. The Bertz CT molecular complexity index is 694. The van der Waals surface area contributed by atoms with Crippen LogP contribution in [0.25, 0.3) is 22.3 Å². The maximum absolute atomic E-state index is 2.18. The monoisotopic (exact) mass is 341 g/mol. The molecule has 0 nitrogen and oxygen atoms in total. The minimum absolute atomic E-state index is 0. The molecule has 0 amide bonds. The molecule has 0 aliphatic carbocycles. The first kappa shape index (κ1) is 17.0. The third-order valence-electron chi connectivity index (χ3n) is 3.54. The topological polar surface area (TPSA) is 0 Å². The predicted octanol–water partition coefficient (Wildman–Crippen LogP) is 6.14. The molecule has 0 spiro atoms. The van der Waals surface area contributed by atoms with E-state index in [2.05, 4.69) is 78.9 Å². The van der Waals surface area contributed by atoms with Gasteiger partial charge in [-0.1, -0.05) is 65.2 Å². The van der Waals surface area contributed by atoms with E-state index in [9.17, 15) is 0 Å². The number of rotatable bonds is 2. The molecule has 0 saturated carbocycles. The standard InChI is InChI=1S/C17H13.C5H5.Co/c1-3-8-14(9-4-1)16-12-7-13-17(16)15-10-5-2-6-11-15;1-2-4-5-3-1;/h1-13H;1-5H;/q-1;-5;. The Morgan fingerprint density at radius 3 is 1.65 bits per heavy atom. The summed E-state index contributed by atoms with van der Waals surface area (Å²) in [7, 11) is 0. The van der Waals surface area contributed by atoms with Crippen molar-refractivity contribution >= 4 is 0 Å². The molecule has 0 atom stereocenters. The molecular formula is C22H18Co-6. The second-order valence-corrected chi connectivity index (χ2v) is 5.05. The quantitative estimate of drug-likeness (QED) is 0.384. The molecule has 4 aromatic rings. The van der Waals surface area contributed by atoms with E-state index in [-0.39, 0.29) is 16.8 Å². The summed E-state index contributed by atoms with van der Waals surface area (Å²) in [6.45, 7) is 0. The third-order valence-corrected chi connectivity index (χ3v) is 3.54. The predicted molar refractivity (Wildman–Crippen MR) is 94.9 cm³/mol. The van der Waals surface area contributed by atoms with Crippen LogP contribution < -0.4 is 0 Å². The molecule has 4 aromatic carbocycles. The first-order valence-electron chi connectivity index (χ1n) is 7.48. The maximum atomic E-state index is 2.18. The summed E-state index contributed by atoms with van der Waals surface area (Å²) in [5, 5.41) is 0. The molecule has 0 unspecified atom stereocenters. The SMILES string of the molecule is [Co].[cH-]1[cH-][cH-][cH-][cH-]1.c1ccc(-c2ccc[c-]2-c2ccccc2)cc1. The summed E-state index contributed by atoms with van der Waals surface area (Å²) in [6.07, 6.45) is 0. The normalized spacial score (nSPS) is 9.39. The molecule has 0 heterocycles. The van der Waals surface area contributed by atoms with Gasteiger partial charge in [-0.15, -0.1) is 35.9 Å². The Kier molecular flexibility index (Phi) is 6.61. The van der Waals surface area contributed by atoms with Crippen LogP contribution in [0.1, 0.15) is 0 Å². The second kappa shape index (κ2) is 8.94. The van der Waals surface area contributed by atoms with E-state index in [0.29, 0.717) is 0 Å². The molecule has 4 rings (SSSR count). The second-order valence-electron chi connectivity index (χ2n) is 5.05. The van der Waals surface area contributed by atoms with E-state index in [4.69, 9.17) is 0 Å². The summed E-state index contributed by atoms with van der Waals surface area (Å²) >= 11 is 0. The van der Waals surface area contributed by atoms with Crippen LogP contribution in [0, 0.1) is 0 Å². The zero-order valence-electron chi connectivity index (χ0n) is 12.7. The van der Waals surface area contributed by atoms with Crippen molar-refractivity contribution in [1.29, 1.82) is 0 Å². The van der Waals surface area contributed by atoms with Gasteiger partial charge in [-0.25, -0.2) is 0 Å². The number of benzene rings is 2. The average molecular weight is 341 g/mol. The van der Waals surface area contributed by atoms with Gasteiger partial charge >= 0.3 is 0 Å². The fraction of sp³-hybridized carbons (Fsp3) is 0. The summed E-state index contributed by atoms with van der Waals surface area (Å²) < 4.78 is 0. The minimum atomic E-state index is 0. The van der Waals surface area contributed by atoms with Gasteiger partial charge in [0.05, 0.1) is 0 Å². The smallest absolute Gasteiger partial charge is 0 e. The summed E-state index contributed by atoms with van der Waals surface area (Å²) in [5.74, 6) is 0. The van der Waals surface area contributed by atoms with Crippen LogP contribution in [0.5, 0.6) is 0 Å². The van der Waals surface area contributed by atoms with Gasteiger partial charge in [0.25, 0.3) is 0 Å². The van der Waals surface area contributed by atoms with E-state index in [1.165, 1.54) is 22.3 Å². The molecule has 1 heteroatoms. The van der Waals surface area contributed by atoms with Crippen LogP contribution in [-0.2, 0) is 16.8 Å². The van der Waals surface area contributed by atoms with Crippen molar-refractivity contribution in [3.05, 3.63) is 109 Å². The van der Waals surface area contributed by atoms with Crippen molar-refractivity contribution in [3.63, 3.8) is 0 Å². The summed E-state index contributed by atoms with van der Waals surface area (Å²) in [6, 6.07) is 37.5. The van der Waals surface area contributed by atoms with E-state index in [1.54, 1.807) is 0 Å². The number of hydrogen-bond acceptors (Lipinski definition) is 0. The van der Waals surface area contributed by atoms with E-state index < -0.39 is 0 Å². The largest absolute Gasteiger partial charge is 0.748 e. The third kappa shape index (κ3) is 4.56. The van der Waals surface area contributed by atoms with Crippen molar-refractivity contribution in [2.45, 2.75) is 0 Å². The molecule has 121 valence electrons. The zero-order chi connectivity index (χ0) is 15.0. The van der Waals surface area contributed by atoms with Gasteiger partial charge in [-0.2, -0.15) is 0 Å². The maximum Gasteiger partial charge on any atom is 0 e. The Morgan fingerprint density at radius 1 is 0.565 bits per heavy atom. The van der Waals surface area contributed by atoms with Crippen molar-refractivity contribution in [2.24, 2.45) is 0 Å². The van der Waals surface area contributed by atoms with Gasteiger partial charge in [0.2, 0.25) is 0 Å². The van der Waals surface area contributed by atoms with E-state index >= 15 is 0 Å². The summed E-state index contributed by atoms with van der Waals surface area (Å²) in [4.78, 5) is 0. The molecule has 0 N–H and O–H groups in total. The van der Waals surface area contributed by atoms with Crippen molar-refractivity contribution in [3.8, 4) is 22.3 Å². The van der Waals surface area contributed by atoms with E-state index in [0.717, 1.165) is 0 Å². The van der Waals surface area contributed by atoms with Crippen molar-refractivity contribution in [2.75, 3.05) is 0 Å². The molecule has 0 fully saturated rings. The molecule has 0 aliphatic heterocycles. The molecule has 0 bridgehead atoms. The van der Waals surface area contributed by atoms with Gasteiger partial charge in [0, 0.05) is 16.8 Å². The first-order chi connectivity index (χ1) is 10.9. The van der Waals surface area contributed by atoms with Crippen molar-refractivity contribution in [1.82, 2.24) is 0 Å².